The summed E-state index contributed by atoms with van der Waals surface area (Å²) in [7, 11) is 0. The number of phenolic OH excluding ortho intramolecular Hbond substituents is 1. The molecule has 1 aromatic rings. The molecule has 0 fully saturated rings. The van der Waals surface area contributed by atoms with E-state index < -0.39 is 18.0 Å². The fourth-order valence-electron chi connectivity index (χ4n) is 2.01. The molecule has 0 aliphatic carbocycles. The fraction of sp³-hybridized carbons (Fsp3) is 0.286. The van der Waals surface area contributed by atoms with Gasteiger partial charge in [-0.15, -0.1) is 0 Å². The van der Waals surface area contributed by atoms with E-state index in [2.05, 4.69) is 32.0 Å². The molecule has 9 heteroatoms. The molecule has 0 bridgehead atoms. The molecule has 1 aromatic carbocycles. The van der Waals surface area contributed by atoms with Crippen LogP contribution in [0.2, 0.25) is 0 Å². The average Bonchev–Trinajstić information content (AvgIpc) is 2.91. The van der Waals surface area contributed by atoms with E-state index in [0.717, 1.165) is 5.56 Å². The molecule has 0 saturated heterocycles. The molecule has 2 amide bonds. The van der Waals surface area contributed by atoms with Gasteiger partial charge in [-0.1, -0.05) is 12.1 Å². The van der Waals surface area contributed by atoms with E-state index in [9.17, 15) is 14.7 Å². The zero-order chi connectivity index (χ0) is 16.8. The van der Waals surface area contributed by atoms with Crippen LogP contribution in [-0.2, 0) is 16.1 Å². The van der Waals surface area contributed by atoms with Crippen LogP contribution in [0.3, 0.4) is 0 Å². The third-order valence-electron chi connectivity index (χ3n) is 3.11. The highest BCUT2D eigenvalue weighted by Crippen LogP contribution is 2.12. The van der Waals surface area contributed by atoms with Crippen LogP contribution in [0, 0.1) is 0 Å². The predicted octanol–water partition coefficient (Wildman–Crippen LogP) is 0.827. The Bertz CT molecular complexity index is 605. The van der Waals surface area contributed by atoms with Crippen LogP contribution in [0.25, 0.3) is 0 Å². The lowest BCUT2D eigenvalue weighted by atomic mass is 10.1. The first-order valence-electron chi connectivity index (χ1n) is 6.78. The van der Waals surface area contributed by atoms with Gasteiger partial charge >= 0.3 is 6.09 Å². The van der Waals surface area contributed by atoms with Gasteiger partial charge in [-0.2, -0.15) is 0 Å². The van der Waals surface area contributed by atoms with Crippen molar-refractivity contribution >= 4 is 27.9 Å². The number of hydrogen-bond donors (Lipinski definition) is 5. The molecule has 5 N–H and O–H groups in total. The summed E-state index contributed by atoms with van der Waals surface area (Å²) in [6, 6.07) is 5.27. The van der Waals surface area contributed by atoms with E-state index >= 15 is 0 Å². The SMILES string of the molecule is O=C(O)NC(Cc1ccc(O)cc1)C(=O)NCC1C=C(Br)NO1. The van der Waals surface area contributed by atoms with Crippen LogP contribution in [0.4, 0.5) is 4.79 Å². The van der Waals surface area contributed by atoms with Crippen molar-refractivity contribution < 1.29 is 24.6 Å². The summed E-state index contributed by atoms with van der Waals surface area (Å²) in [5.41, 5.74) is 3.31. The number of nitrogens with one attached hydrogen (secondary N) is 3. The number of benzene rings is 1. The summed E-state index contributed by atoms with van der Waals surface area (Å²) in [6.45, 7) is 0.203. The van der Waals surface area contributed by atoms with Gasteiger partial charge < -0.3 is 20.8 Å². The molecular weight excluding hydrogens is 370 g/mol. The van der Waals surface area contributed by atoms with Gasteiger partial charge in [0.25, 0.3) is 0 Å². The lowest BCUT2D eigenvalue weighted by molar-refractivity contribution is -0.123. The van der Waals surface area contributed by atoms with Gasteiger partial charge in [0.1, 0.15) is 22.5 Å². The summed E-state index contributed by atoms with van der Waals surface area (Å²) in [5.74, 6) is -0.357. The molecule has 1 aliphatic heterocycles. The van der Waals surface area contributed by atoms with Crippen molar-refractivity contribution in [1.82, 2.24) is 16.1 Å². The van der Waals surface area contributed by atoms with Crippen molar-refractivity contribution in [1.29, 1.82) is 0 Å². The number of rotatable bonds is 6. The summed E-state index contributed by atoms with van der Waals surface area (Å²) >= 11 is 3.20. The quantitative estimate of drug-likeness (QED) is 0.462. The van der Waals surface area contributed by atoms with Crippen LogP contribution < -0.4 is 16.1 Å². The van der Waals surface area contributed by atoms with E-state index in [1.165, 1.54) is 12.1 Å². The van der Waals surface area contributed by atoms with Gasteiger partial charge in [0.15, 0.2) is 0 Å². The Hall–Kier alpha value is -2.26. The summed E-state index contributed by atoms with van der Waals surface area (Å²) in [4.78, 5) is 28.2. The second-order valence-corrected chi connectivity index (χ2v) is 5.75. The van der Waals surface area contributed by atoms with Gasteiger partial charge in [0.05, 0.1) is 6.54 Å². The summed E-state index contributed by atoms with van der Waals surface area (Å²) in [6.07, 6.45) is 0.277. The molecule has 0 spiro atoms. The van der Waals surface area contributed by atoms with Crippen molar-refractivity contribution in [3.05, 3.63) is 40.5 Å². The van der Waals surface area contributed by atoms with E-state index in [1.807, 2.05) is 0 Å². The van der Waals surface area contributed by atoms with E-state index in [-0.39, 0.29) is 24.8 Å². The first-order chi connectivity index (χ1) is 10.9. The maximum atomic E-state index is 12.2. The van der Waals surface area contributed by atoms with Gasteiger partial charge in [-0.05, 0) is 39.7 Å². The van der Waals surface area contributed by atoms with Gasteiger partial charge in [0, 0.05) is 6.42 Å². The second kappa shape index (κ2) is 7.84. The molecule has 2 atom stereocenters. The third-order valence-corrected chi connectivity index (χ3v) is 3.53. The molecule has 124 valence electrons. The maximum Gasteiger partial charge on any atom is 0.405 e. The highest BCUT2D eigenvalue weighted by molar-refractivity contribution is 9.11. The number of carbonyl (C=O) groups excluding carboxylic acids is 1. The van der Waals surface area contributed by atoms with E-state index in [4.69, 9.17) is 9.94 Å². The van der Waals surface area contributed by atoms with Gasteiger partial charge in [0.2, 0.25) is 5.91 Å². The highest BCUT2D eigenvalue weighted by atomic mass is 79.9. The summed E-state index contributed by atoms with van der Waals surface area (Å²) in [5, 5.41) is 23.0. The smallest absolute Gasteiger partial charge is 0.405 e. The number of amides is 2. The minimum Gasteiger partial charge on any atom is -0.508 e. The first-order valence-corrected chi connectivity index (χ1v) is 7.57. The van der Waals surface area contributed by atoms with Crippen LogP contribution in [0.5, 0.6) is 5.75 Å². The molecule has 2 unspecified atom stereocenters. The number of carbonyl (C=O) groups is 2. The molecule has 8 nitrogen and oxygen atoms in total. The van der Waals surface area contributed by atoms with Crippen LogP contribution in [0.1, 0.15) is 5.56 Å². The average molecular weight is 386 g/mol. The largest absolute Gasteiger partial charge is 0.508 e. The Morgan fingerprint density at radius 2 is 2.04 bits per heavy atom. The number of halogens is 1. The lowest BCUT2D eigenvalue weighted by Gasteiger charge is -2.18. The molecule has 0 radical (unpaired) electrons. The number of phenols is 1. The minimum absolute atomic E-state index is 0.101. The zero-order valence-electron chi connectivity index (χ0n) is 12.0. The fourth-order valence-corrected chi connectivity index (χ4v) is 2.40. The van der Waals surface area contributed by atoms with Crippen LogP contribution in [0.15, 0.2) is 34.9 Å². The maximum absolute atomic E-state index is 12.2. The molecule has 1 heterocycles. The summed E-state index contributed by atoms with van der Waals surface area (Å²) < 4.78 is 0.668. The van der Waals surface area contributed by atoms with Crippen LogP contribution >= 0.6 is 15.9 Å². The topological polar surface area (TPSA) is 120 Å². The third kappa shape index (κ3) is 5.46. The first kappa shape index (κ1) is 17.1. The Morgan fingerprint density at radius 3 is 2.61 bits per heavy atom. The highest BCUT2D eigenvalue weighted by Gasteiger charge is 2.23. The zero-order valence-corrected chi connectivity index (χ0v) is 13.5. The number of aromatic hydroxyl groups is 1. The number of carboxylic acid groups (broad SMARTS) is 1. The molecule has 0 saturated carbocycles. The minimum atomic E-state index is -1.29. The van der Waals surface area contributed by atoms with E-state index in [0.29, 0.717) is 4.61 Å². The Morgan fingerprint density at radius 1 is 1.35 bits per heavy atom. The van der Waals surface area contributed by atoms with Crippen molar-refractivity contribution in [3.8, 4) is 5.75 Å². The normalized spacial score (nSPS) is 17.8. The molecule has 0 aromatic heterocycles. The molecule has 1 aliphatic rings. The van der Waals surface area contributed by atoms with E-state index in [1.54, 1.807) is 18.2 Å². The molecule has 2 rings (SSSR count). The monoisotopic (exact) mass is 385 g/mol. The second-order valence-electron chi connectivity index (χ2n) is 4.89. The molecule has 23 heavy (non-hydrogen) atoms. The number of hydroxylamine groups is 1. The Labute approximate surface area is 140 Å². The predicted molar refractivity (Wildman–Crippen MR) is 84.8 cm³/mol. The van der Waals surface area contributed by atoms with Crippen molar-refractivity contribution in [2.75, 3.05) is 6.54 Å². The molecular formula is C14H16BrN3O5. The van der Waals surface area contributed by atoms with Crippen molar-refractivity contribution in [3.63, 3.8) is 0 Å². The van der Waals surface area contributed by atoms with Gasteiger partial charge in [-0.3, -0.25) is 15.1 Å². The number of hydrogen-bond acceptors (Lipinski definition) is 5. The lowest BCUT2D eigenvalue weighted by Crippen LogP contribution is -2.49. The Kier molecular flexibility index (Phi) is 5.83. The standard InChI is InChI=1S/C14H16BrN3O5/c15-12-6-10(23-18-12)7-16-13(20)11(17-14(21)22)5-8-1-3-9(19)4-2-8/h1-4,6,10-11,17-19H,5,7H2,(H,16,20)(H,21,22). The van der Waals surface area contributed by atoms with Gasteiger partial charge in [-0.25, -0.2) is 4.79 Å². The van der Waals surface area contributed by atoms with Crippen molar-refractivity contribution in [2.24, 2.45) is 0 Å². The van der Waals surface area contributed by atoms with Crippen LogP contribution in [-0.4, -0.2) is 40.9 Å². The Balaban J connectivity index is 1.94. The van der Waals surface area contributed by atoms with Crippen molar-refractivity contribution in [2.45, 2.75) is 18.6 Å².